The molecule has 0 unspecified atom stereocenters. The van der Waals surface area contributed by atoms with Crippen molar-refractivity contribution in [3.63, 3.8) is 0 Å². The van der Waals surface area contributed by atoms with E-state index in [1.807, 2.05) is 0 Å². The van der Waals surface area contributed by atoms with E-state index in [4.69, 9.17) is 5.73 Å². The number of hydrogen-bond acceptors (Lipinski definition) is 4. The summed E-state index contributed by atoms with van der Waals surface area (Å²) in [5, 5.41) is 18.8. The molecule has 168 valence electrons. The van der Waals surface area contributed by atoms with Crippen LogP contribution in [0.5, 0.6) is 0 Å². The van der Waals surface area contributed by atoms with Crippen LogP contribution in [0.25, 0.3) is 0 Å². The van der Waals surface area contributed by atoms with Gasteiger partial charge in [0.05, 0.1) is 17.1 Å². The molecule has 0 aromatic rings. The van der Waals surface area contributed by atoms with Crippen LogP contribution in [-0.2, 0) is 4.79 Å². The van der Waals surface area contributed by atoms with E-state index in [0.29, 0.717) is 6.42 Å². The average Bonchev–Trinajstić information content (AvgIpc) is 2.63. The van der Waals surface area contributed by atoms with Gasteiger partial charge in [-0.1, -0.05) is 83.6 Å². The van der Waals surface area contributed by atoms with Gasteiger partial charge >= 0.3 is 0 Å². The zero-order valence-electron chi connectivity index (χ0n) is 18.8. The molecule has 0 fully saturated rings. The van der Waals surface area contributed by atoms with Gasteiger partial charge in [-0.25, -0.2) is 0 Å². The number of allylic oxidation sites excluding steroid dienone is 2. The Balaban J connectivity index is 3.75. The Labute approximate surface area is 179 Å². The van der Waals surface area contributed by atoms with Gasteiger partial charge in [0.2, 0.25) is 0 Å². The summed E-state index contributed by atoms with van der Waals surface area (Å²) in [6.45, 7) is 9.08. The minimum atomic E-state index is -1.31. The smallest absolute Gasteiger partial charge is 0.153 e. The lowest BCUT2D eigenvalue weighted by atomic mass is 9.84. The number of aliphatic hydroxyl groups excluding tert-OH is 2. The molecule has 4 nitrogen and oxygen atoms in total. The Bertz CT molecular complexity index is 480. The van der Waals surface area contributed by atoms with Crippen LogP contribution >= 0.6 is 0 Å². The summed E-state index contributed by atoms with van der Waals surface area (Å²) in [7, 11) is 0. The maximum absolute atomic E-state index is 12.4. The van der Waals surface area contributed by atoms with Crippen LogP contribution in [0.1, 0.15) is 110 Å². The number of nitrogens with two attached hydrogens (primary N) is 1. The van der Waals surface area contributed by atoms with E-state index in [-0.39, 0.29) is 30.1 Å². The third kappa shape index (κ3) is 16.0. The molecule has 0 bridgehead atoms. The number of rotatable bonds is 20. The highest BCUT2D eigenvalue weighted by Gasteiger charge is 2.34. The second kappa shape index (κ2) is 17.3. The van der Waals surface area contributed by atoms with E-state index in [9.17, 15) is 15.0 Å². The predicted octanol–water partition coefficient (Wildman–Crippen LogP) is 7.21. The molecular formula is C25H45NO3. The first kappa shape index (κ1) is 27.5. The predicted molar refractivity (Wildman–Crippen MR) is 124 cm³/mol. The van der Waals surface area contributed by atoms with Crippen molar-refractivity contribution in [2.45, 2.75) is 115 Å². The average molecular weight is 408 g/mol. The molecule has 0 heterocycles. The first-order chi connectivity index (χ1) is 13.8. The molecule has 4 N–H and O–H groups in total. The third-order valence-electron chi connectivity index (χ3n) is 5.26. The maximum atomic E-state index is 12.4. The number of carbonyl (C=O) groups excluding carboxylic acids is 1. The van der Waals surface area contributed by atoms with E-state index in [2.05, 4.69) is 32.2 Å². The fraction of sp³-hybridized carbons (Fsp3) is 0.720. The van der Waals surface area contributed by atoms with Crippen LogP contribution in [0.2, 0.25) is 0 Å². The second-order valence-electron chi connectivity index (χ2n) is 8.40. The minimum Gasteiger partial charge on any atom is -0.513 e. The van der Waals surface area contributed by atoms with E-state index in [0.717, 1.165) is 25.7 Å². The topological polar surface area (TPSA) is 83.6 Å². The number of unbranched alkanes of at least 4 members (excludes halogenated alkanes) is 11. The van der Waals surface area contributed by atoms with Gasteiger partial charge in [-0.3, -0.25) is 4.79 Å². The van der Waals surface area contributed by atoms with Crippen molar-refractivity contribution in [1.29, 1.82) is 0 Å². The molecule has 0 amide bonds. The lowest BCUT2D eigenvalue weighted by molar-refractivity contribution is -0.124. The van der Waals surface area contributed by atoms with Gasteiger partial charge < -0.3 is 15.9 Å². The molecule has 0 aromatic carbocycles. The molecule has 0 aliphatic carbocycles. The minimum absolute atomic E-state index is 0.0452. The number of ketones is 1. The summed E-state index contributed by atoms with van der Waals surface area (Å²) < 4.78 is 0. The molecule has 0 spiro atoms. The summed E-state index contributed by atoms with van der Waals surface area (Å²) in [6, 6.07) is 0. The first-order valence-electron chi connectivity index (χ1n) is 11.5. The van der Waals surface area contributed by atoms with E-state index >= 15 is 0 Å². The molecule has 0 saturated carbocycles. The lowest BCUT2D eigenvalue weighted by Gasteiger charge is -2.27. The summed E-state index contributed by atoms with van der Waals surface area (Å²) >= 11 is 0. The van der Waals surface area contributed by atoms with Gasteiger partial charge in [0.25, 0.3) is 0 Å². The summed E-state index contributed by atoms with van der Waals surface area (Å²) in [6.07, 6.45) is 20.6. The van der Waals surface area contributed by atoms with Crippen molar-refractivity contribution in [2.24, 2.45) is 5.73 Å². The number of aliphatic hydroxyl groups is 2. The van der Waals surface area contributed by atoms with Crippen LogP contribution < -0.4 is 5.73 Å². The Morgan fingerprint density at radius 2 is 1.21 bits per heavy atom. The second-order valence-corrected chi connectivity index (χ2v) is 8.40. The van der Waals surface area contributed by atoms with Gasteiger partial charge in [-0.05, 0) is 32.1 Å². The Kier molecular flexibility index (Phi) is 16.4. The molecule has 0 radical (unpaired) electrons. The number of hydrogen-bond donors (Lipinski definition) is 3. The van der Waals surface area contributed by atoms with Crippen molar-refractivity contribution in [1.82, 2.24) is 0 Å². The molecular weight excluding hydrogens is 362 g/mol. The Hall–Kier alpha value is -1.55. The quantitative estimate of drug-likeness (QED) is 0.113. The fourth-order valence-electron chi connectivity index (χ4n) is 3.59. The zero-order valence-corrected chi connectivity index (χ0v) is 18.8. The highest BCUT2D eigenvalue weighted by Crippen LogP contribution is 2.23. The van der Waals surface area contributed by atoms with E-state index in [1.54, 1.807) is 0 Å². The standard InChI is InChI=1S/C25H45NO3/c1-4-5-6-7-8-9-10-11-12-13-14-15-16-17-18-19-24(29)25(26,20-22(2)27)21-23(3)28/h11-12,27-28H,2-10,13-21,26H2,1H3. The van der Waals surface area contributed by atoms with E-state index in [1.165, 1.54) is 57.8 Å². The molecule has 29 heavy (non-hydrogen) atoms. The maximum Gasteiger partial charge on any atom is 0.153 e. The zero-order chi connectivity index (χ0) is 22.0. The molecule has 0 aliphatic rings. The van der Waals surface area contributed by atoms with Gasteiger partial charge in [0.15, 0.2) is 5.78 Å². The first-order valence-corrected chi connectivity index (χ1v) is 11.5. The molecule has 0 rings (SSSR count). The van der Waals surface area contributed by atoms with Crippen LogP contribution in [0, 0.1) is 0 Å². The van der Waals surface area contributed by atoms with Crippen molar-refractivity contribution in [2.75, 3.05) is 0 Å². The van der Waals surface area contributed by atoms with Crippen molar-refractivity contribution < 1.29 is 15.0 Å². The Morgan fingerprint density at radius 1 is 0.793 bits per heavy atom. The fourth-order valence-corrected chi connectivity index (χ4v) is 3.59. The van der Waals surface area contributed by atoms with Gasteiger partial charge in [0.1, 0.15) is 0 Å². The van der Waals surface area contributed by atoms with Gasteiger partial charge in [0, 0.05) is 19.3 Å². The van der Waals surface area contributed by atoms with Crippen LogP contribution in [0.3, 0.4) is 0 Å². The van der Waals surface area contributed by atoms with Crippen molar-refractivity contribution in [3.8, 4) is 0 Å². The number of Topliss-reactive ketones (excluding diaryl/α,β-unsaturated/α-hetero) is 1. The molecule has 4 heteroatoms. The highest BCUT2D eigenvalue weighted by molar-refractivity contribution is 5.88. The van der Waals surface area contributed by atoms with Crippen molar-refractivity contribution >= 4 is 5.78 Å². The third-order valence-corrected chi connectivity index (χ3v) is 5.26. The summed E-state index contributed by atoms with van der Waals surface area (Å²) in [4.78, 5) is 12.4. The lowest BCUT2D eigenvalue weighted by Crippen LogP contribution is -2.48. The largest absolute Gasteiger partial charge is 0.513 e. The van der Waals surface area contributed by atoms with Gasteiger partial charge in [-0.2, -0.15) is 0 Å². The van der Waals surface area contributed by atoms with E-state index < -0.39 is 5.54 Å². The SMILES string of the molecule is C=C(O)CC(N)(CC(=C)O)C(=O)CCCCCCCC=CCCCCCCCC. The monoisotopic (exact) mass is 407 g/mol. The van der Waals surface area contributed by atoms with Crippen LogP contribution in [-0.4, -0.2) is 21.5 Å². The van der Waals surface area contributed by atoms with Crippen LogP contribution in [0.4, 0.5) is 0 Å². The molecule has 0 aromatic heterocycles. The summed E-state index contributed by atoms with van der Waals surface area (Å²) in [5.74, 6) is -0.446. The summed E-state index contributed by atoms with van der Waals surface area (Å²) in [5.41, 5.74) is 4.80. The van der Waals surface area contributed by atoms with Crippen molar-refractivity contribution in [3.05, 3.63) is 36.8 Å². The molecule has 0 saturated heterocycles. The molecule has 0 aliphatic heterocycles. The highest BCUT2D eigenvalue weighted by atomic mass is 16.3. The van der Waals surface area contributed by atoms with Gasteiger partial charge in [-0.15, -0.1) is 0 Å². The number of carbonyl (C=O) groups is 1. The van der Waals surface area contributed by atoms with Crippen LogP contribution in [0.15, 0.2) is 36.8 Å². The normalized spacial score (nSPS) is 11.8. The molecule has 0 atom stereocenters. The Morgan fingerprint density at radius 3 is 1.66 bits per heavy atom.